The molecule has 2 heterocycles. The quantitative estimate of drug-likeness (QED) is 0.582. The maximum atomic E-state index is 10.4. The van der Waals surface area contributed by atoms with Crippen LogP contribution in [0.1, 0.15) is 49.6 Å². The molecule has 0 radical (unpaired) electrons. The predicted octanol–water partition coefficient (Wildman–Crippen LogP) is 4.30. The number of anilines is 1. The summed E-state index contributed by atoms with van der Waals surface area (Å²) in [6, 6.07) is 10.5. The van der Waals surface area contributed by atoms with Crippen molar-refractivity contribution in [3.8, 4) is 0 Å². The van der Waals surface area contributed by atoms with E-state index in [1.165, 1.54) is 16.8 Å². The Kier molecular flexibility index (Phi) is 7.25. The van der Waals surface area contributed by atoms with Gasteiger partial charge in [-0.15, -0.1) is 0 Å². The van der Waals surface area contributed by atoms with Crippen LogP contribution in [-0.4, -0.2) is 35.9 Å². The average molecular weight is 384 g/mol. The van der Waals surface area contributed by atoms with Crippen LogP contribution >= 0.6 is 0 Å². The fraction of sp³-hybridized carbons (Fsp3) is 0.455. The van der Waals surface area contributed by atoms with E-state index in [-0.39, 0.29) is 19.6 Å². The van der Waals surface area contributed by atoms with Gasteiger partial charge in [-0.3, -0.25) is 4.79 Å². The molecule has 0 amide bonds. The van der Waals surface area contributed by atoms with Crippen LogP contribution < -0.4 is 4.90 Å². The number of benzene rings is 1. The highest BCUT2D eigenvalue weighted by Gasteiger charge is 2.21. The van der Waals surface area contributed by atoms with E-state index in [4.69, 9.17) is 14.4 Å². The van der Waals surface area contributed by atoms with Gasteiger partial charge >= 0.3 is 5.97 Å². The molecule has 1 aromatic carbocycles. The van der Waals surface area contributed by atoms with Crippen molar-refractivity contribution in [3.05, 3.63) is 53.4 Å². The van der Waals surface area contributed by atoms with Crippen LogP contribution in [0.25, 0.3) is 5.57 Å². The summed E-state index contributed by atoms with van der Waals surface area (Å²) < 4.78 is 10.5. The first kappa shape index (κ1) is 20.1. The second-order valence-electron chi connectivity index (χ2n) is 7.04. The van der Waals surface area contributed by atoms with Gasteiger partial charge in [0.25, 0.3) is 0 Å². The molecule has 0 unspecified atom stereocenters. The van der Waals surface area contributed by atoms with Crippen LogP contribution in [0.2, 0.25) is 0 Å². The molecule has 1 aromatic heterocycles. The third kappa shape index (κ3) is 5.45. The molecule has 6 heteroatoms. The standard InChI is InChI=1S/C22H28N2O4/c1-2-17-15-24(21-10-6-5-9-20(17)21)12-7-3-4-8-18-14-19(28-23-18)16-27-13-11-22(25)26/h2,5-6,9-10,14H,3-4,7-8,11-13,15-16H2,1H3,(H,25,26)/b17-2+. The van der Waals surface area contributed by atoms with Crippen molar-refractivity contribution in [1.82, 2.24) is 5.16 Å². The van der Waals surface area contributed by atoms with E-state index in [2.05, 4.69) is 47.3 Å². The molecule has 0 aliphatic carbocycles. The van der Waals surface area contributed by atoms with Gasteiger partial charge in [-0.25, -0.2) is 0 Å². The van der Waals surface area contributed by atoms with Crippen LogP contribution in [0.4, 0.5) is 5.69 Å². The minimum Gasteiger partial charge on any atom is -0.481 e. The maximum absolute atomic E-state index is 10.4. The first-order chi connectivity index (χ1) is 13.7. The van der Waals surface area contributed by atoms with Gasteiger partial charge < -0.3 is 19.3 Å². The number of unbranched alkanes of at least 4 members (excludes halogenated alkanes) is 2. The molecular weight excluding hydrogens is 356 g/mol. The Hall–Kier alpha value is -2.60. The Morgan fingerprint density at radius 3 is 3.00 bits per heavy atom. The summed E-state index contributed by atoms with van der Waals surface area (Å²) in [5.74, 6) is -0.217. The second-order valence-corrected chi connectivity index (χ2v) is 7.04. The van der Waals surface area contributed by atoms with Crippen molar-refractivity contribution in [3.63, 3.8) is 0 Å². The molecule has 6 nitrogen and oxygen atoms in total. The van der Waals surface area contributed by atoms with E-state index < -0.39 is 5.97 Å². The number of carbonyl (C=O) groups is 1. The summed E-state index contributed by atoms with van der Waals surface area (Å²) in [4.78, 5) is 12.9. The van der Waals surface area contributed by atoms with Crippen molar-refractivity contribution in [1.29, 1.82) is 0 Å². The first-order valence-corrected chi connectivity index (χ1v) is 9.91. The van der Waals surface area contributed by atoms with Gasteiger partial charge in [0, 0.05) is 30.4 Å². The minimum atomic E-state index is -0.863. The zero-order chi connectivity index (χ0) is 19.8. The van der Waals surface area contributed by atoms with Crippen molar-refractivity contribution in [2.24, 2.45) is 0 Å². The molecule has 1 N–H and O–H groups in total. The summed E-state index contributed by atoms with van der Waals surface area (Å²) in [5, 5.41) is 12.6. The predicted molar refractivity (Wildman–Crippen MR) is 108 cm³/mol. The topological polar surface area (TPSA) is 75.8 Å². The average Bonchev–Trinajstić information content (AvgIpc) is 3.29. The number of carboxylic acid groups (broad SMARTS) is 1. The first-order valence-electron chi connectivity index (χ1n) is 9.91. The molecule has 1 aliphatic heterocycles. The molecule has 2 aromatic rings. The molecule has 1 aliphatic rings. The fourth-order valence-electron chi connectivity index (χ4n) is 3.50. The zero-order valence-corrected chi connectivity index (χ0v) is 16.4. The number of para-hydroxylation sites is 1. The van der Waals surface area contributed by atoms with E-state index in [9.17, 15) is 4.79 Å². The highest BCUT2D eigenvalue weighted by atomic mass is 16.5. The van der Waals surface area contributed by atoms with Crippen LogP contribution in [0.15, 0.2) is 40.9 Å². The Bertz CT molecular complexity index is 812. The lowest BCUT2D eigenvalue weighted by Gasteiger charge is -2.18. The summed E-state index contributed by atoms with van der Waals surface area (Å²) in [6.45, 7) is 4.63. The molecule has 28 heavy (non-hydrogen) atoms. The number of hydrogen-bond acceptors (Lipinski definition) is 5. The second kappa shape index (κ2) is 10.1. The lowest BCUT2D eigenvalue weighted by molar-refractivity contribution is -0.138. The third-order valence-electron chi connectivity index (χ3n) is 4.97. The summed E-state index contributed by atoms with van der Waals surface area (Å²) in [5.41, 5.74) is 5.06. The molecule has 0 atom stereocenters. The Morgan fingerprint density at radius 2 is 2.18 bits per heavy atom. The monoisotopic (exact) mass is 384 g/mol. The Labute approximate surface area is 165 Å². The number of allylic oxidation sites excluding steroid dienone is 1. The number of aliphatic carboxylic acids is 1. The summed E-state index contributed by atoms with van der Waals surface area (Å²) >= 11 is 0. The van der Waals surface area contributed by atoms with Crippen molar-refractivity contribution >= 4 is 17.2 Å². The van der Waals surface area contributed by atoms with Crippen molar-refractivity contribution in [2.45, 2.75) is 45.6 Å². The number of hydrogen-bond donors (Lipinski definition) is 1. The highest BCUT2D eigenvalue weighted by molar-refractivity contribution is 5.85. The van der Waals surface area contributed by atoms with Crippen molar-refractivity contribution < 1.29 is 19.2 Å². The molecule has 150 valence electrons. The summed E-state index contributed by atoms with van der Waals surface area (Å²) in [7, 11) is 0. The van der Waals surface area contributed by atoms with E-state index in [1.54, 1.807) is 0 Å². The normalized spacial score (nSPS) is 14.6. The van der Waals surface area contributed by atoms with E-state index in [0.717, 1.165) is 44.5 Å². The summed E-state index contributed by atoms with van der Waals surface area (Å²) in [6.07, 6.45) is 6.45. The lowest BCUT2D eigenvalue weighted by atomic mass is 10.1. The Morgan fingerprint density at radius 1 is 1.32 bits per heavy atom. The van der Waals surface area contributed by atoms with Gasteiger partial charge in [0.1, 0.15) is 6.61 Å². The molecule has 0 saturated carbocycles. The third-order valence-corrected chi connectivity index (χ3v) is 4.97. The fourth-order valence-corrected chi connectivity index (χ4v) is 3.50. The number of aromatic nitrogens is 1. The number of rotatable bonds is 11. The number of carboxylic acids is 1. The lowest BCUT2D eigenvalue weighted by Crippen LogP contribution is -2.21. The molecule has 0 spiro atoms. The van der Waals surface area contributed by atoms with E-state index in [0.29, 0.717) is 5.76 Å². The van der Waals surface area contributed by atoms with Crippen molar-refractivity contribution in [2.75, 3.05) is 24.6 Å². The van der Waals surface area contributed by atoms with Crippen LogP contribution in [0.3, 0.4) is 0 Å². The van der Waals surface area contributed by atoms with E-state index in [1.807, 2.05) is 6.07 Å². The van der Waals surface area contributed by atoms with Crippen LogP contribution in [0, 0.1) is 0 Å². The minimum absolute atomic E-state index is 0.00196. The number of nitrogens with zero attached hydrogens (tertiary/aromatic N) is 2. The number of fused-ring (bicyclic) bond motifs is 1. The van der Waals surface area contributed by atoms with Gasteiger partial charge in [0.2, 0.25) is 0 Å². The van der Waals surface area contributed by atoms with Gasteiger partial charge in [-0.1, -0.05) is 35.9 Å². The van der Waals surface area contributed by atoms with Gasteiger partial charge in [0.05, 0.1) is 18.7 Å². The SMILES string of the molecule is C/C=C1\CN(CCCCCc2cc(COCCC(=O)O)on2)c2ccccc21. The van der Waals surface area contributed by atoms with E-state index >= 15 is 0 Å². The Balaban J connectivity index is 1.34. The smallest absolute Gasteiger partial charge is 0.305 e. The van der Waals surface area contributed by atoms with Gasteiger partial charge in [-0.2, -0.15) is 0 Å². The maximum Gasteiger partial charge on any atom is 0.305 e. The van der Waals surface area contributed by atoms with Gasteiger partial charge in [-0.05, 0) is 37.8 Å². The molecule has 0 bridgehead atoms. The largest absolute Gasteiger partial charge is 0.481 e. The highest BCUT2D eigenvalue weighted by Crippen LogP contribution is 2.35. The molecule has 3 rings (SSSR count). The van der Waals surface area contributed by atoms with Crippen LogP contribution in [0.5, 0.6) is 0 Å². The molecule has 0 saturated heterocycles. The van der Waals surface area contributed by atoms with Crippen LogP contribution in [-0.2, 0) is 22.6 Å². The molecule has 0 fully saturated rings. The number of ether oxygens (including phenoxy) is 1. The molecular formula is C22H28N2O4. The zero-order valence-electron chi connectivity index (χ0n) is 16.4. The van der Waals surface area contributed by atoms with Gasteiger partial charge in [0.15, 0.2) is 5.76 Å². The number of aryl methyl sites for hydroxylation is 1.